The molecule has 1 N–H and O–H groups in total. The molecule has 0 aliphatic heterocycles. The number of aliphatic hydroxyl groups excluding tert-OH is 1. The van der Waals surface area contributed by atoms with Crippen molar-refractivity contribution in [3.8, 4) is 0 Å². The van der Waals surface area contributed by atoms with Gasteiger partial charge in [0, 0.05) is 25.4 Å². The number of carbonyl (C=O) groups excluding carboxylic acids is 1. The zero-order chi connectivity index (χ0) is 9.68. The highest BCUT2D eigenvalue weighted by Gasteiger charge is 2.08. The maximum Gasteiger partial charge on any atom is 0.148 e. The van der Waals surface area contributed by atoms with E-state index in [0.717, 1.165) is 18.8 Å². The van der Waals surface area contributed by atoms with E-state index in [2.05, 4.69) is 11.9 Å². The fourth-order valence-electron chi connectivity index (χ4n) is 1.21. The quantitative estimate of drug-likeness (QED) is 0.670. The number of carbonyl (C=O) groups is 1. The van der Waals surface area contributed by atoms with Gasteiger partial charge in [-0.3, -0.25) is 0 Å². The molecule has 0 fully saturated rings. The Morgan fingerprint density at radius 2 is 2.54 bits per heavy atom. The van der Waals surface area contributed by atoms with Gasteiger partial charge in [0.15, 0.2) is 0 Å². The van der Waals surface area contributed by atoms with Gasteiger partial charge in [-0.2, -0.15) is 0 Å². The molecule has 0 spiro atoms. The van der Waals surface area contributed by atoms with Crippen LogP contribution in [0.25, 0.3) is 0 Å². The van der Waals surface area contributed by atoms with Gasteiger partial charge >= 0.3 is 0 Å². The lowest BCUT2D eigenvalue weighted by Crippen LogP contribution is -2.15. The van der Waals surface area contributed by atoms with Crippen LogP contribution in [0.2, 0.25) is 0 Å². The summed E-state index contributed by atoms with van der Waals surface area (Å²) in [5, 5.41) is 9.10. The lowest BCUT2D eigenvalue weighted by atomic mass is 10.2. The van der Waals surface area contributed by atoms with Crippen LogP contribution in [0, 0.1) is 0 Å². The van der Waals surface area contributed by atoms with Gasteiger partial charge in [-0.25, -0.2) is 4.98 Å². The van der Waals surface area contributed by atoms with Crippen LogP contribution in [0.5, 0.6) is 0 Å². The maximum atomic E-state index is 10.2. The molecule has 1 aromatic heterocycles. The number of hydrogen-bond donors (Lipinski definition) is 1. The van der Waals surface area contributed by atoms with Gasteiger partial charge in [0.05, 0.1) is 0 Å². The molecule has 0 aromatic carbocycles. The smallest absolute Gasteiger partial charge is 0.148 e. The molecule has 0 saturated carbocycles. The van der Waals surface area contributed by atoms with Crippen molar-refractivity contribution < 1.29 is 9.90 Å². The van der Waals surface area contributed by atoms with Gasteiger partial charge in [0.1, 0.15) is 18.2 Å². The number of rotatable bonds is 5. The summed E-state index contributed by atoms with van der Waals surface area (Å²) in [5.41, 5.74) is 0. The van der Waals surface area contributed by atoms with Gasteiger partial charge in [0.2, 0.25) is 0 Å². The van der Waals surface area contributed by atoms with Crippen molar-refractivity contribution in [3.63, 3.8) is 0 Å². The van der Waals surface area contributed by atoms with Crippen molar-refractivity contribution in [1.82, 2.24) is 9.55 Å². The highest BCUT2D eigenvalue weighted by Crippen LogP contribution is 2.02. The van der Waals surface area contributed by atoms with Crippen LogP contribution in [-0.4, -0.2) is 27.0 Å². The summed E-state index contributed by atoms with van der Waals surface area (Å²) < 4.78 is 1.95. The number of aromatic nitrogens is 2. The summed E-state index contributed by atoms with van der Waals surface area (Å²) in [6, 6.07) is 0. The molecule has 0 aliphatic rings. The maximum absolute atomic E-state index is 10.2. The third kappa shape index (κ3) is 2.66. The second-order valence-corrected chi connectivity index (χ2v) is 2.94. The average Bonchev–Trinajstić information content (AvgIpc) is 2.54. The van der Waals surface area contributed by atoms with Crippen molar-refractivity contribution in [1.29, 1.82) is 0 Å². The van der Waals surface area contributed by atoms with E-state index < -0.39 is 6.10 Å². The molecule has 0 saturated heterocycles. The predicted octanol–water partition coefficient (Wildman–Crippen LogP) is 0.395. The second kappa shape index (κ2) is 4.77. The summed E-state index contributed by atoms with van der Waals surface area (Å²) in [6.07, 6.45) is 4.46. The highest BCUT2D eigenvalue weighted by atomic mass is 16.3. The Kier molecular flexibility index (Phi) is 3.64. The first-order chi connectivity index (χ1) is 6.27. The van der Waals surface area contributed by atoms with E-state index in [9.17, 15) is 4.79 Å². The first-order valence-corrected chi connectivity index (χ1v) is 4.41. The minimum atomic E-state index is -0.932. The number of aryl methyl sites for hydroxylation is 1. The molecule has 13 heavy (non-hydrogen) atoms. The van der Waals surface area contributed by atoms with Gasteiger partial charge < -0.3 is 14.5 Å². The first kappa shape index (κ1) is 9.92. The van der Waals surface area contributed by atoms with Crippen molar-refractivity contribution in [3.05, 3.63) is 18.2 Å². The number of imidazole rings is 1. The third-order valence-electron chi connectivity index (χ3n) is 1.82. The van der Waals surface area contributed by atoms with Crippen LogP contribution in [0.1, 0.15) is 19.2 Å². The van der Waals surface area contributed by atoms with Crippen LogP contribution >= 0.6 is 0 Å². The van der Waals surface area contributed by atoms with E-state index in [-0.39, 0.29) is 0 Å². The molecule has 1 atom stereocenters. The van der Waals surface area contributed by atoms with Crippen LogP contribution in [0.15, 0.2) is 12.4 Å². The molecule has 4 nitrogen and oxygen atoms in total. The Labute approximate surface area is 77.2 Å². The van der Waals surface area contributed by atoms with Gasteiger partial charge in [0.25, 0.3) is 0 Å². The Bertz CT molecular complexity index is 270. The largest absolute Gasteiger partial charge is 0.385 e. The van der Waals surface area contributed by atoms with E-state index in [4.69, 9.17) is 5.11 Å². The lowest BCUT2D eigenvalue weighted by molar-refractivity contribution is -0.114. The van der Waals surface area contributed by atoms with Crippen LogP contribution in [-0.2, 0) is 17.8 Å². The van der Waals surface area contributed by atoms with E-state index in [1.807, 2.05) is 10.8 Å². The standard InChI is InChI=1S/C9H14N2O2/c1-2-4-11-5-3-10-9(11)6-8(13)7-12/h3,5,7-8,13H,2,4,6H2,1H3. The van der Waals surface area contributed by atoms with Gasteiger partial charge in [-0.1, -0.05) is 6.92 Å². The topological polar surface area (TPSA) is 55.1 Å². The molecule has 0 bridgehead atoms. The zero-order valence-corrected chi connectivity index (χ0v) is 7.68. The minimum absolute atomic E-state index is 0.302. The van der Waals surface area contributed by atoms with E-state index in [1.165, 1.54) is 0 Å². The van der Waals surface area contributed by atoms with E-state index in [1.54, 1.807) is 6.20 Å². The summed E-state index contributed by atoms with van der Waals surface area (Å²) in [6.45, 7) is 2.95. The number of nitrogens with zero attached hydrogens (tertiary/aromatic N) is 2. The molecule has 1 heterocycles. The number of aldehydes is 1. The molecule has 0 radical (unpaired) electrons. The Balaban J connectivity index is 2.64. The molecule has 1 aromatic rings. The van der Waals surface area contributed by atoms with Crippen molar-refractivity contribution in [2.24, 2.45) is 0 Å². The summed E-state index contributed by atoms with van der Waals surface area (Å²) in [5.74, 6) is 0.765. The monoisotopic (exact) mass is 182 g/mol. The van der Waals surface area contributed by atoms with Gasteiger partial charge in [-0.15, -0.1) is 0 Å². The molecular formula is C9H14N2O2. The zero-order valence-electron chi connectivity index (χ0n) is 7.68. The third-order valence-corrected chi connectivity index (χ3v) is 1.82. The highest BCUT2D eigenvalue weighted by molar-refractivity contribution is 5.55. The van der Waals surface area contributed by atoms with Crippen molar-refractivity contribution in [2.75, 3.05) is 0 Å². The lowest BCUT2D eigenvalue weighted by Gasteiger charge is -2.06. The van der Waals surface area contributed by atoms with Gasteiger partial charge in [-0.05, 0) is 6.42 Å². The molecule has 1 unspecified atom stereocenters. The Hall–Kier alpha value is -1.16. The second-order valence-electron chi connectivity index (χ2n) is 2.94. The molecule has 0 amide bonds. The average molecular weight is 182 g/mol. The predicted molar refractivity (Wildman–Crippen MR) is 48.3 cm³/mol. The SMILES string of the molecule is CCCn1ccnc1CC(O)C=O. The normalized spacial score (nSPS) is 12.8. The Morgan fingerprint density at radius 3 is 3.15 bits per heavy atom. The number of aliphatic hydroxyl groups is 1. The fraction of sp³-hybridized carbons (Fsp3) is 0.556. The molecule has 4 heteroatoms. The molecule has 0 aliphatic carbocycles. The van der Waals surface area contributed by atoms with Crippen LogP contribution < -0.4 is 0 Å². The van der Waals surface area contributed by atoms with Crippen LogP contribution in [0.3, 0.4) is 0 Å². The molecule has 72 valence electrons. The summed E-state index contributed by atoms with van der Waals surface area (Å²) >= 11 is 0. The molecule has 1 rings (SSSR count). The van der Waals surface area contributed by atoms with E-state index >= 15 is 0 Å². The van der Waals surface area contributed by atoms with E-state index in [0.29, 0.717) is 12.7 Å². The molecular weight excluding hydrogens is 168 g/mol. The number of hydrogen-bond acceptors (Lipinski definition) is 3. The Morgan fingerprint density at radius 1 is 1.77 bits per heavy atom. The fourth-order valence-corrected chi connectivity index (χ4v) is 1.21. The summed E-state index contributed by atoms with van der Waals surface area (Å²) in [4.78, 5) is 14.3. The van der Waals surface area contributed by atoms with Crippen LogP contribution in [0.4, 0.5) is 0 Å². The minimum Gasteiger partial charge on any atom is -0.385 e. The van der Waals surface area contributed by atoms with Crippen molar-refractivity contribution in [2.45, 2.75) is 32.4 Å². The van der Waals surface area contributed by atoms with Crippen molar-refractivity contribution >= 4 is 6.29 Å². The first-order valence-electron chi connectivity index (χ1n) is 4.41. The summed E-state index contributed by atoms with van der Waals surface area (Å²) in [7, 11) is 0.